The van der Waals surface area contributed by atoms with Crippen LogP contribution in [0.4, 0.5) is 11.4 Å². The van der Waals surface area contributed by atoms with Crippen LogP contribution in [-0.2, 0) is 6.54 Å². The third-order valence-electron chi connectivity index (χ3n) is 3.66. The first-order valence-corrected chi connectivity index (χ1v) is 7.04. The molecule has 1 N–H and O–H groups in total. The number of hydrogen-bond acceptors (Lipinski definition) is 4. The van der Waals surface area contributed by atoms with Crippen LogP contribution in [0.3, 0.4) is 0 Å². The molecule has 1 heterocycles. The number of nitrogens with one attached hydrogen (secondary N) is 1. The molecule has 1 aromatic carbocycles. The van der Waals surface area contributed by atoms with E-state index in [1.165, 1.54) is 16.7 Å². The maximum absolute atomic E-state index is 5.38. The minimum Gasteiger partial charge on any atom is -0.479 e. The number of benzene rings is 1. The van der Waals surface area contributed by atoms with Crippen LogP contribution >= 0.6 is 0 Å². The first kappa shape index (κ1) is 15.2. The number of pyridine rings is 1. The summed E-state index contributed by atoms with van der Waals surface area (Å²) in [6, 6.07) is 8.34. The summed E-state index contributed by atoms with van der Waals surface area (Å²) in [5.41, 5.74) is 5.88. The minimum atomic E-state index is 0.618. The zero-order chi connectivity index (χ0) is 15.4. The van der Waals surface area contributed by atoms with Gasteiger partial charge < -0.3 is 15.0 Å². The molecular formula is C17H23N3O. The number of hydrogen-bond donors (Lipinski definition) is 1. The molecule has 1 aromatic heterocycles. The Morgan fingerprint density at radius 2 is 1.81 bits per heavy atom. The highest BCUT2D eigenvalue weighted by atomic mass is 16.5. The van der Waals surface area contributed by atoms with Crippen LogP contribution in [0.2, 0.25) is 0 Å². The smallest absolute Gasteiger partial charge is 0.239 e. The molecule has 112 valence electrons. The maximum atomic E-state index is 5.38. The van der Waals surface area contributed by atoms with Gasteiger partial charge in [-0.25, -0.2) is 4.98 Å². The van der Waals surface area contributed by atoms with Crippen molar-refractivity contribution in [2.75, 3.05) is 31.4 Å². The van der Waals surface area contributed by atoms with Gasteiger partial charge in [0.25, 0.3) is 0 Å². The van der Waals surface area contributed by atoms with E-state index in [2.05, 4.69) is 47.2 Å². The van der Waals surface area contributed by atoms with Crippen LogP contribution in [0.1, 0.15) is 16.7 Å². The summed E-state index contributed by atoms with van der Waals surface area (Å²) in [4.78, 5) is 6.34. The molecule has 0 amide bonds. The van der Waals surface area contributed by atoms with Gasteiger partial charge >= 0.3 is 0 Å². The highest BCUT2D eigenvalue weighted by molar-refractivity contribution is 5.74. The van der Waals surface area contributed by atoms with Gasteiger partial charge in [0.1, 0.15) is 5.69 Å². The fraction of sp³-hybridized carbons (Fsp3) is 0.353. The highest BCUT2D eigenvalue weighted by Crippen LogP contribution is 2.32. The van der Waals surface area contributed by atoms with E-state index in [0.29, 0.717) is 5.88 Å². The Bertz CT molecular complexity index is 603. The van der Waals surface area contributed by atoms with Crippen LogP contribution < -0.4 is 15.0 Å². The van der Waals surface area contributed by atoms with Crippen LogP contribution in [0.5, 0.6) is 5.88 Å². The number of aryl methyl sites for hydroxylation is 2. The molecule has 0 spiro atoms. The molecule has 0 aliphatic rings. The first-order chi connectivity index (χ1) is 10.0. The van der Waals surface area contributed by atoms with Crippen LogP contribution in [-0.4, -0.2) is 26.2 Å². The van der Waals surface area contributed by atoms with E-state index in [0.717, 1.165) is 17.9 Å². The van der Waals surface area contributed by atoms with Gasteiger partial charge in [-0.3, -0.25) is 0 Å². The third-order valence-corrected chi connectivity index (χ3v) is 3.66. The number of ether oxygens (including phenoxy) is 1. The molecule has 0 radical (unpaired) electrons. The lowest BCUT2D eigenvalue weighted by Crippen LogP contribution is -2.14. The Balaban J connectivity index is 2.31. The molecule has 0 fully saturated rings. The molecule has 0 unspecified atom stereocenters. The number of anilines is 2. The number of rotatable bonds is 5. The Morgan fingerprint density at radius 3 is 2.38 bits per heavy atom. The van der Waals surface area contributed by atoms with Gasteiger partial charge in [-0.1, -0.05) is 18.2 Å². The summed E-state index contributed by atoms with van der Waals surface area (Å²) in [5.74, 6) is 0.618. The second-order valence-corrected chi connectivity index (χ2v) is 5.33. The Labute approximate surface area is 126 Å². The monoisotopic (exact) mass is 285 g/mol. The second kappa shape index (κ2) is 6.48. The van der Waals surface area contributed by atoms with Gasteiger partial charge in [0.15, 0.2) is 0 Å². The van der Waals surface area contributed by atoms with Crippen molar-refractivity contribution in [1.29, 1.82) is 0 Å². The lowest BCUT2D eigenvalue weighted by molar-refractivity contribution is 0.400. The highest BCUT2D eigenvalue weighted by Gasteiger charge is 2.12. The maximum Gasteiger partial charge on any atom is 0.239 e. The zero-order valence-corrected chi connectivity index (χ0v) is 13.4. The lowest BCUT2D eigenvalue weighted by atomic mass is 10.0. The van der Waals surface area contributed by atoms with Gasteiger partial charge in [-0.2, -0.15) is 0 Å². The van der Waals surface area contributed by atoms with Gasteiger partial charge in [-0.05, 0) is 36.6 Å². The predicted octanol–water partition coefficient (Wildman–Crippen LogP) is 3.39. The van der Waals surface area contributed by atoms with Crippen molar-refractivity contribution >= 4 is 11.4 Å². The van der Waals surface area contributed by atoms with E-state index in [9.17, 15) is 0 Å². The average molecular weight is 285 g/mol. The number of methoxy groups -OCH3 is 1. The second-order valence-electron chi connectivity index (χ2n) is 5.33. The molecule has 0 saturated heterocycles. The molecule has 4 nitrogen and oxygen atoms in total. The summed E-state index contributed by atoms with van der Waals surface area (Å²) in [6.07, 6.45) is 1.76. The summed E-state index contributed by atoms with van der Waals surface area (Å²) in [7, 11) is 5.67. The van der Waals surface area contributed by atoms with Crippen molar-refractivity contribution in [3.63, 3.8) is 0 Å². The molecule has 2 rings (SSSR count). The molecule has 0 aliphatic heterocycles. The van der Waals surface area contributed by atoms with Crippen molar-refractivity contribution in [1.82, 2.24) is 4.98 Å². The van der Waals surface area contributed by atoms with Crippen LogP contribution in [0, 0.1) is 13.8 Å². The van der Waals surface area contributed by atoms with E-state index < -0.39 is 0 Å². The largest absolute Gasteiger partial charge is 0.479 e. The molecule has 4 heteroatoms. The van der Waals surface area contributed by atoms with Gasteiger partial charge in [0, 0.05) is 26.8 Å². The predicted molar refractivity (Wildman–Crippen MR) is 88.4 cm³/mol. The molecule has 0 saturated carbocycles. The third kappa shape index (κ3) is 3.27. The Morgan fingerprint density at radius 1 is 1.14 bits per heavy atom. The van der Waals surface area contributed by atoms with Gasteiger partial charge in [0.2, 0.25) is 5.88 Å². The van der Waals surface area contributed by atoms with Crippen LogP contribution in [0.15, 0.2) is 30.5 Å². The minimum absolute atomic E-state index is 0.618. The normalized spacial score (nSPS) is 10.3. The van der Waals surface area contributed by atoms with Crippen molar-refractivity contribution < 1.29 is 4.74 Å². The molecular weight excluding hydrogens is 262 g/mol. The molecule has 0 aliphatic carbocycles. The summed E-state index contributed by atoms with van der Waals surface area (Å²) in [5, 5.41) is 3.48. The Kier molecular flexibility index (Phi) is 4.68. The number of aromatic nitrogens is 1. The zero-order valence-electron chi connectivity index (χ0n) is 13.4. The summed E-state index contributed by atoms with van der Waals surface area (Å²) in [6.45, 7) is 5.02. The van der Waals surface area contributed by atoms with E-state index in [1.807, 2.05) is 20.2 Å². The quantitative estimate of drug-likeness (QED) is 0.914. The van der Waals surface area contributed by atoms with Crippen molar-refractivity contribution in [2.45, 2.75) is 20.4 Å². The lowest BCUT2D eigenvalue weighted by Gasteiger charge is -2.21. The van der Waals surface area contributed by atoms with Crippen molar-refractivity contribution in [2.24, 2.45) is 0 Å². The fourth-order valence-corrected chi connectivity index (χ4v) is 2.43. The van der Waals surface area contributed by atoms with Gasteiger partial charge in [0.05, 0.1) is 12.8 Å². The van der Waals surface area contributed by atoms with E-state index >= 15 is 0 Å². The Hall–Kier alpha value is -2.23. The topological polar surface area (TPSA) is 37.4 Å². The number of nitrogens with zero attached hydrogens (tertiary/aromatic N) is 2. The SMILES string of the molecule is COc1nccc(N(C)C)c1NCc1c(C)cccc1C. The molecule has 0 bridgehead atoms. The van der Waals surface area contributed by atoms with E-state index in [1.54, 1.807) is 13.3 Å². The molecule has 0 atom stereocenters. The summed E-state index contributed by atoms with van der Waals surface area (Å²) < 4.78 is 5.38. The van der Waals surface area contributed by atoms with E-state index in [-0.39, 0.29) is 0 Å². The van der Waals surface area contributed by atoms with Crippen molar-refractivity contribution in [3.8, 4) is 5.88 Å². The molecule has 21 heavy (non-hydrogen) atoms. The average Bonchev–Trinajstić information content (AvgIpc) is 2.46. The van der Waals surface area contributed by atoms with E-state index in [4.69, 9.17) is 4.74 Å². The summed E-state index contributed by atoms with van der Waals surface area (Å²) >= 11 is 0. The molecule has 2 aromatic rings. The first-order valence-electron chi connectivity index (χ1n) is 7.04. The van der Waals surface area contributed by atoms with Gasteiger partial charge in [-0.15, -0.1) is 0 Å². The van der Waals surface area contributed by atoms with Crippen molar-refractivity contribution in [3.05, 3.63) is 47.2 Å². The fourth-order valence-electron chi connectivity index (χ4n) is 2.43. The standard InChI is InChI=1S/C17H23N3O/c1-12-7-6-8-13(2)14(12)11-19-16-15(20(3)4)9-10-18-17(16)21-5/h6-10,19H,11H2,1-5H3. The van der Waals surface area contributed by atoms with Crippen LogP contribution in [0.25, 0.3) is 0 Å².